The van der Waals surface area contributed by atoms with Gasteiger partial charge in [0, 0.05) is 6.42 Å². The molecule has 3 aliphatic heterocycles. The SMILES string of the molecule is CC/C=C\C/C=C\C/C=C\C/C=C\CCCCCCCCC(=O)NC(COC1OC(CO)C(OC2OC(CO)C(OC3OC(CO)C(O)C(O)C3O)C(O)C2O)C(O)C1O)C(O)CCCCCC. The molecule has 68 heavy (non-hydrogen) atoms. The lowest BCUT2D eigenvalue weighted by Crippen LogP contribution is -2.66. The summed E-state index contributed by atoms with van der Waals surface area (Å²) >= 11 is 0. The van der Waals surface area contributed by atoms with Crippen molar-refractivity contribution in [2.24, 2.45) is 0 Å². The van der Waals surface area contributed by atoms with Crippen LogP contribution in [0.4, 0.5) is 0 Å². The fourth-order valence-electron chi connectivity index (χ4n) is 8.24. The molecule has 0 aliphatic carbocycles. The molecule has 19 nitrogen and oxygen atoms in total. The number of aliphatic hydroxyl groups is 11. The van der Waals surface area contributed by atoms with Gasteiger partial charge in [-0.1, -0.05) is 114 Å². The molecule has 12 N–H and O–H groups in total. The van der Waals surface area contributed by atoms with Crippen LogP contribution in [0.2, 0.25) is 0 Å². The third kappa shape index (κ3) is 20.1. The fraction of sp³-hybridized carbons (Fsp3) is 0.816. The van der Waals surface area contributed by atoms with E-state index in [9.17, 15) is 61.0 Å². The Balaban J connectivity index is 1.47. The van der Waals surface area contributed by atoms with E-state index < -0.39 is 124 Å². The summed E-state index contributed by atoms with van der Waals surface area (Å²) < 4.78 is 34.0. The lowest BCUT2D eigenvalue weighted by Gasteiger charge is -2.48. The number of ether oxygens (including phenoxy) is 6. The molecule has 3 heterocycles. The van der Waals surface area contributed by atoms with E-state index in [1.165, 1.54) is 0 Å². The molecular weight excluding hydrogens is 891 g/mol. The third-order valence-electron chi connectivity index (χ3n) is 12.4. The average molecular weight is 976 g/mol. The maximum atomic E-state index is 13.1. The van der Waals surface area contributed by atoms with Gasteiger partial charge in [0.25, 0.3) is 0 Å². The molecular formula is C49H85NO18. The predicted molar refractivity (Wildman–Crippen MR) is 249 cm³/mol. The minimum atomic E-state index is -1.97. The summed E-state index contributed by atoms with van der Waals surface area (Å²) in [4.78, 5) is 13.1. The Morgan fingerprint density at radius 1 is 0.544 bits per heavy atom. The van der Waals surface area contributed by atoms with E-state index in [1.807, 2.05) is 0 Å². The molecule has 0 aromatic heterocycles. The van der Waals surface area contributed by atoms with Gasteiger partial charge >= 0.3 is 0 Å². The number of nitrogens with one attached hydrogen (secondary N) is 1. The minimum Gasteiger partial charge on any atom is -0.394 e. The maximum Gasteiger partial charge on any atom is 0.220 e. The van der Waals surface area contributed by atoms with Crippen LogP contribution in [0.3, 0.4) is 0 Å². The maximum absolute atomic E-state index is 13.1. The Labute approximate surface area is 402 Å². The van der Waals surface area contributed by atoms with E-state index in [-0.39, 0.29) is 18.9 Å². The highest BCUT2D eigenvalue weighted by Gasteiger charge is 2.53. The van der Waals surface area contributed by atoms with Crippen molar-refractivity contribution in [1.82, 2.24) is 5.32 Å². The van der Waals surface area contributed by atoms with Crippen molar-refractivity contribution in [2.75, 3.05) is 26.4 Å². The van der Waals surface area contributed by atoms with Crippen molar-refractivity contribution >= 4 is 5.91 Å². The molecule has 3 saturated heterocycles. The first-order valence-electron chi connectivity index (χ1n) is 24.9. The first-order chi connectivity index (χ1) is 32.8. The summed E-state index contributed by atoms with van der Waals surface area (Å²) in [6.07, 6.45) is 5.95. The molecule has 0 saturated carbocycles. The number of carbonyl (C=O) groups is 1. The van der Waals surface area contributed by atoms with Crippen LogP contribution in [0.15, 0.2) is 48.6 Å². The molecule has 1 amide bonds. The van der Waals surface area contributed by atoms with E-state index in [0.29, 0.717) is 19.3 Å². The quantitative estimate of drug-likeness (QED) is 0.0325. The Bertz CT molecular complexity index is 1450. The highest BCUT2D eigenvalue weighted by Crippen LogP contribution is 2.33. The van der Waals surface area contributed by atoms with Gasteiger partial charge in [0.2, 0.25) is 5.91 Å². The zero-order chi connectivity index (χ0) is 49.8. The van der Waals surface area contributed by atoms with Crippen molar-refractivity contribution in [2.45, 2.75) is 227 Å². The number of carbonyl (C=O) groups excluding carboxylic acids is 1. The second kappa shape index (κ2) is 34.2. The van der Waals surface area contributed by atoms with E-state index in [4.69, 9.17) is 28.4 Å². The normalized spacial score (nSPS) is 33.6. The zero-order valence-corrected chi connectivity index (χ0v) is 40.1. The molecule has 0 bridgehead atoms. The Kier molecular flexibility index (Phi) is 30.2. The number of unbranched alkanes of at least 4 members (excludes halogenated alkanes) is 9. The molecule has 17 atom stereocenters. The van der Waals surface area contributed by atoms with Gasteiger partial charge in [-0.15, -0.1) is 0 Å². The largest absolute Gasteiger partial charge is 0.394 e. The van der Waals surface area contributed by atoms with Gasteiger partial charge in [0.1, 0.15) is 73.2 Å². The Hall–Kier alpha value is -2.25. The minimum absolute atomic E-state index is 0.245. The van der Waals surface area contributed by atoms with Crippen molar-refractivity contribution in [1.29, 1.82) is 0 Å². The van der Waals surface area contributed by atoms with Crippen molar-refractivity contribution in [3.8, 4) is 0 Å². The van der Waals surface area contributed by atoms with Gasteiger partial charge < -0.3 is 89.9 Å². The van der Waals surface area contributed by atoms with Gasteiger partial charge in [0.05, 0.1) is 38.6 Å². The molecule has 394 valence electrons. The molecule has 19 heteroatoms. The van der Waals surface area contributed by atoms with Gasteiger partial charge in [-0.2, -0.15) is 0 Å². The molecule has 3 fully saturated rings. The summed E-state index contributed by atoms with van der Waals surface area (Å²) in [7, 11) is 0. The number of rotatable bonds is 33. The number of amides is 1. The summed E-state index contributed by atoms with van der Waals surface area (Å²) in [5.74, 6) is -0.271. The standard InChI is InChI=1S/C49H85NO18/c1-3-5-7-9-10-11-12-13-14-15-16-17-18-19-20-21-22-23-25-27-37(55)50-32(33(54)26-24-8-6-4-2)31-63-47-43(61)40(58)45(35(29-52)65-47)68-49-44(62)41(59)46(36(30-53)66-49)67-48-42(60)39(57)38(56)34(28-51)64-48/h5,7,10-11,13-14,16-17,32-36,38-49,51-54,56-62H,3-4,6,8-9,12,15,18-31H2,1-2H3,(H,50,55)/b7-5-,11-10-,14-13-,17-16-. The fourth-order valence-corrected chi connectivity index (χ4v) is 8.24. The summed E-state index contributed by atoms with van der Waals surface area (Å²) in [5.41, 5.74) is 0. The number of hydrogen-bond donors (Lipinski definition) is 12. The second-order valence-electron chi connectivity index (χ2n) is 17.9. The number of hydrogen-bond acceptors (Lipinski definition) is 18. The molecule has 0 aromatic carbocycles. The molecule has 0 aromatic rings. The van der Waals surface area contributed by atoms with Gasteiger partial charge in [-0.25, -0.2) is 0 Å². The molecule has 0 spiro atoms. The van der Waals surface area contributed by atoms with Crippen LogP contribution < -0.4 is 5.32 Å². The van der Waals surface area contributed by atoms with E-state index in [2.05, 4.69) is 67.8 Å². The van der Waals surface area contributed by atoms with E-state index >= 15 is 0 Å². The summed E-state index contributed by atoms with van der Waals surface area (Å²) in [6, 6.07) is -0.891. The highest BCUT2D eigenvalue weighted by atomic mass is 16.8. The Morgan fingerprint density at radius 3 is 1.57 bits per heavy atom. The van der Waals surface area contributed by atoms with Crippen molar-refractivity contribution < 1.29 is 89.4 Å². The highest BCUT2D eigenvalue weighted by molar-refractivity contribution is 5.76. The molecule has 3 rings (SSSR count). The average Bonchev–Trinajstić information content (AvgIpc) is 3.33. The van der Waals surface area contributed by atoms with Crippen LogP contribution in [0, 0.1) is 0 Å². The van der Waals surface area contributed by atoms with Crippen LogP contribution in [-0.2, 0) is 33.2 Å². The van der Waals surface area contributed by atoms with Crippen LogP contribution in [0.1, 0.15) is 123 Å². The predicted octanol–water partition coefficient (Wildman–Crippen LogP) is 1.19. The van der Waals surface area contributed by atoms with E-state index in [0.717, 1.165) is 83.5 Å². The van der Waals surface area contributed by atoms with Gasteiger partial charge in [0.15, 0.2) is 18.9 Å². The number of aliphatic hydroxyl groups excluding tert-OH is 11. The summed E-state index contributed by atoms with van der Waals surface area (Å²) in [6.45, 7) is 1.47. The number of allylic oxidation sites excluding steroid dienone is 8. The lowest BCUT2D eigenvalue weighted by atomic mass is 9.96. The monoisotopic (exact) mass is 976 g/mol. The molecule has 0 radical (unpaired) electrons. The van der Waals surface area contributed by atoms with Crippen molar-refractivity contribution in [3.63, 3.8) is 0 Å². The third-order valence-corrected chi connectivity index (χ3v) is 12.4. The van der Waals surface area contributed by atoms with Crippen LogP contribution in [-0.4, -0.2) is 193 Å². The molecule has 3 aliphatic rings. The van der Waals surface area contributed by atoms with E-state index in [1.54, 1.807) is 0 Å². The Morgan fingerprint density at radius 2 is 1.01 bits per heavy atom. The zero-order valence-electron chi connectivity index (χ0n) is 40.1. The topological polar surface area (TPSA) is 307 Å². The second-order valence-corrected chi connectivity index (χ2v) is 17.9. The smallest absolute Gasteiger partial charge is 0.220 e. The summed E-state index contributed by atoms with van der Waals surface area (Å²) in [5, 5.41) is 119. The lowest BCUT2D eigenvalue weighted by molar-refractivity contribution is -0.379. The van der Waals surface area contributed by atoms with Gasteiger partial charge in [-0.3, -0.25) is 4.79 Å². The van der Waals surface area contributed by atoms with Crippen LogP contribution >= 0.6 is 0 Å². The first kappa shape index (κ1) is 60.1. The van der Waals surface area contributed by atoms with Crippen LogP contribution in [0.5, 0.6) is 0 Å². The molecule has 17 unspecified atom stereocenters. The van der Waals surface area contributed by atoms with Gasteiger partial charge in [-0.05, 0) is 51.4 Å². The van der Waals surface area contributed by atoms with Crippen molar-refractivity contribution in [3.05, 3.63) is 48.6 Å². The van der Waals surface area contributed by atoms with Crippen LogP contribution in [0.25, 0.3) is 0 Å². The first-order valence-corrected chi connectivity index (χ1v) is 24.9.